The van der Waals surface area contributed by atoms with Gasteiger partial charge in [0.25, 0.3) is 0 Å². The van der Waals surface area contributed by atoms with Gasteiger partial charge in [-0.05, 0) is 37.3 Å². The van der Waals surface area contributed by atoms with E-state index in [0.29, 0.717) is 12.0 Å². The fraction of sp³-hybridized carbons (Fsp3) is 0.615. The molecule has 1 unspecified atom stereocenters. The van der Waals surface area contributed by atoms with E-state index in [2.05, 4.69) is 23.7 Å². The normalized spacial score (nSPS) is 20.8. The molecule has 0 radical (unpaired) electrons. The molecule has 3 heteroatoms. The molecule has 88 valence electrons. The SMILES string of the molecule is Cc1ccnc(N2CCCC2C(C)C)c1N. The average Bonchev–Trinajstić information content (AvgIpc) is 2.70. The lowest BCUT2D eigenvalue weighted by molar-refractivity contribution is 0.490. The number of pyridine rings is 1. The Kier molecular flexibility index (Phi) is 3.03. The first kappa shape index (κ1) is 11.2. The highest BCUT2D eigenvalue weighted by Gasteiger charge is 2.29. The Morgan fingerprint density at radius 1 is 1.50 bits per heavy atom. The van der Waals surface area contributed by atoms with Crippen molar-refractivity contribution in [3.05, 3.63) is 17.8 Å². The topological polar surface area (TPSA) is 42.2 Å². The van der Waals surface area contributed by atoms with Crippen LogP contribution in [0.2, 0.25) is 0 Å². The van der Waals surface area contributed by atoms with Crippen LogP contribution in [-0.4, -0.2) is 17.6 Å². The van der Waals surface area contributed by atoms with Crippen molar-refractivity contribution >= 4 is 11.5 Å². The molecule has 1 aromatic heterocycles. The Bertz CT molecular complexity index is 373. The van der Waals surface area contributed by atoms with Gasteiger partial charge in [0, 0.05) is 18.8 Å². The third kappa shape index (κ3) is 1.86. The lowest BCUT2D eigenvalue weighted by Crippen LogP contribution is -2.34. The number of anilines is 2. The first-order valence-corrected chi connectivity index (χ1v) is 6.09. The average molecular weight is 219 g/mol. The molecule has 2 rings (SSSR count). The molecule has 0 aliphatic carbocycles. The predicted molar refractivity (Wildman–Crippen MR) is 68.6 cm³/mol. The Balaban J connectivity index is 2.33. The van der Waals surface area contributed by atoms with E-state index < -0.39 is 0 Å². The van der Waals surface area contributed by atoms with Gasteiger partial charge in [-0.15, -0.1) is 0 Å². The summed E-state index contributed by atoms with van der Waals surface area (Å²) >= 11 is 0. The van der Waals surface area contributed by atoms with Crippen molar-refractivity contribution in [2.24, 2.45) is 5.92 Å². The van der Waals surface area contributed by atoms with Gasteiger partial charge in [0.2, 0.25) is 0 Å². The molecule has 0 spiro atoms. The zero-order valence-electron chi connectivity index (χ0n) is 10.4. The Morgan fingerprint density at radius 3 is 2.94 bits per heavy atom. The van der Waals surface area contributed by atoms with E-state index >= 15 is 0 Å². The molecule has 16 heavy (non-hydrogen) atoms. The largest absolute Gasteiger partial charge is 0.396 e. The fourth-order valence-electron chi connectivity index (χ4n) is 2.53. The number of nitrogen functional groups attached to an aromatic ring is 1. The molecule has 1 aliphatic rings. The number of hydrogen-bond donors (Lipinski definition) is 1. The summed E-state index contributed by atoms with van der Waals surface area (Å²) < 4.78 is 0. The molecular weight excluding hydrogens is 198 g/mol. The summed E-state index contributed by atoms with van der Waals surface area (Å²) in [6, 6.07) is 2.57. The summed E-state index contributed by atoms with van der Waals surface area (Å²) in [4.78, 5) is 6.84. The van der Waals surface area contributed by atoms with Gasteiger partial charge in [0.15, 0.2) is 5.82 Å². The third-order valence-electron chi connectivity index (χ3n) is 3.53. The van der Waals surface area contributed by atoms with Crippen molar-refractivity contribution in [2.75, 3.05) is 17.2 Å². The van der Waals surface area contributed by atoms with Gasteiger partial charge < -0.3 is 10.6 Å². The molecule has 0 aromatic carbocycles. The molecule has 1 aromatic rings. The fourth-order valence-corrected chi connectivity index (χ4v) is 2.53. The second-order valence-corrected chi connectivity index (χ2v) is 5.01. The number of nitrogens with two attached hydrogens (primary N) is 1. The minimum Gasteiger partial charge on any atom is -0.396 e. The van der Waals surface area contributed by atoms with Crippen molar-refractivity contribution in [3.8, 4) is 0 Å². The number of nitrogens with zero attached hydrogens (tertiary/aromatic N) is 2. The molecule has 1 fully saturated rings. The first-order chi connectivity index (χ1) is 7.61. The summed E-state index contributed by atoms with van der Waals surface area (Å²) in [6.07, 6.45) is 4.36. The van der Waals surface area contributed by atoms with Crippen LogP contribution in [0.25, 0.3) is 0 Å². The minimum atomic E-state index is 0.594. The van der Waals surface area contributed by atoms with E-state index in [9.17, 15) is 0 Å². The van der Waals surface area contributed by atoms with Crippen molar-refractivity contribution in [2.45, 2.75) is 39.7 Å². The molecule has 3 nitrogen and oxygen atoms in total. The molecule has 0 saturated carbocycles. The molecule has 2 heterocycles. The third-order valence-corrected chi connectivity index (χ3v) is 3.53. The van der Waals surface area contributed by atoms with Gasteiger partial charge in [-0.3, -0.25) is 0 Å². The monoisotopic (exact) mass is 219 g/mol. The maximum absolute atomic E-state index is 6.12. The van der Waals surface area contributed by atoms with Crippen molar-refractivity contribution in [3.63, 3.8) is 0 Å². The number of rotatable bonds is 2. The van der Waals surface area contributed by atoms with Crippen LogP contribution in [0.1, 0.15) is 32.3 Å². The van der Waals surface area contributed by atoms with Crippen LogP contribution < -0.4 is 10.6 Å². The van der Waals surface area contributed by atoms with Crippen LogP contribution in [0, 0.1) is 12.8 Å². The van der Waals surface area contributed by atoms with E-state index in [0.717, 1.165) is 23.6 Å². The highest BCUT2D eigenvalue weighted by molar-refractivity contribution is 5.67. The molecule has 1 atom stereocenters. The van der Waals surface area contributed by atoms with E-state index in [1.54, 1.807) is 0 Å². The van der Waals surface area contributed by atoms with Crippen LogP contribution >= 0.6 is 0 Å². The second-order valence-electron chi connectivity index (χ2n) is 5.01. The lowest BCUT2D eigenvalue weighted by atomic mass is 10.0. The van der Waals surface area contributed by atoms with Crippen molar-refractivity contribution in [1.82, 2.24) is 4.98 Å². The zero-order chi connectivity index (χ0) is 11.7. The lowest BCUT2D eigenvalue weighted by Gasteiger charge is -2.29. The highest BCUT2D eigenvalue weighted by Crippen LogP contribution is 2.32. The van der Waals surface area contributed by atoms with Crippen LogP contribution in [0.5, 0.6) is 0 Å². The molecule has 0 amide bonds. The summed E-state index contributed by atoms with van der Waals surface area (Å²) in [5, 5.41) is 0. The van der Waals surface area contributed by atoms with Crippen molar-refractivity contribution in [1.29, 1.82) is 0 Å². The Hall–Kier alpha value is -1.25. The molecule has 0 bridgehead atoms. The van der Waals surface area contributed by atoms with E-state index in [1.165, 1.54) is 12.8 Å². The van der Waals surface area contributed by atoms with Crippen molar-refractivity contribution < 1.29 is 0 Å². The summed E-state index contributed by atoms with van der Waals surface area (Å²) in [5.74, 6) is 1.64. The van der Waals surface area contributed by atoms with E-state index in [-0.39, 0.29) is 0 Å². The standard InChI is InChI=1S/C13H21N3/c1-9(2)11-5-4-8-16(11)13-12(14)10(3)6-7-15-13/h6-7,9,11H,4-5,8,14H2,1-3H3. The van der Waals surface area contributed by atoms with Gasteiger partial charge in [0.1, 0.15) is 0 Å². The van der Waals surface area contributed by atoms with E-state index in [1.807, 2.05) is 19.2 Å². The minimum absolute atomic E-state index is 0.594. The van der Waals surface area contributed by atoms with Gasteiger partial charge >= 0.3 is 0 Å². The predicted octanol–water partition coefficient (Wildman–Crippen LogP) is 2.60. The molecular formula is C13H21N3. The first-order valence-electron chi connectivity index (χ1n) is 6.09. The van der Waals surface area contributed by atoms with Crippen LogP contribution in [0.15, 0.2) is 12.3 Å². The number of aromatic nitrogens is 1. The van der Waals surface area contributed by atoms with Gasteiger partial charge in [-0.1, -0.05) is 13.8 Å². The quantitative estimate of drug-likeness (QED) is 0.831. The number of aryl methyl sites for hydroxylation is 1. The zero-order valence-corrected chi connectivity index (χ0v) is 10.4. The van der Waals surface area contributed by atoms with Gasteiger partial charge in [0.05, 0.1) is 5.69 Å². The van der Waals surface area contributed by atoms with Gasteiger partial charge in [-0.2, -0.15) is 0 Å². The highest BCUT2D eigenvalue weighted by atomic mass is 15.2. The summed E-state index contributed by atoms with van der Waals surface area (Å²) in [6.45, 7) is 7.68. The molecule has 1 aliphatic heterocycles. The number of hydrogen-bond acceptors (Lipinski definition) is 3. The molecule has 2 N–H and O–H groups in total. The maximum Gasteiger partial charge on any atom is 0.152 e. The smallest absolute Gasteiger partial charge is 0.152 e. The second kappa shape index (κ2) is 4.32. The van der Waals surface area contributed by atoms with Crippen LogP contribution in [0.4, 0.5) is 11.5 Å². The maximum atomic E-state index is 6.12. The summed E-state index contributed by atoms with van der Waals surface area (Å²) in [5.41, 5.74) is 8.09. The Labute approximate surface area is 97.7 Å². The van der Waals surface area contributed by atoms with Crippen LogP contribution in [0.3, 0.4) is 0 Å². The van der Waals surface area contributed by atoms with Crippen LogP contribution in [-0.2, 0) is 0 Å². The van der Waals surface area contributed by atoms with Gasteiger partial charge in [-0.25, -0.2) is 4.98 Å². The van der Waals surface area contributed by atoms with E-state index in [4.69, 9.17) is 5.73 Å². The Morgan fingerprint density at radius 2 is 2.25 bits per heavy atom. The molecule has 1 saturated heterocycles. The summed E-state index contributed by atoms with van der Waals surface area (Å²) in [7, 11) is 0.